The number of carboxylic acid groups (broad SMARTS) is 1. The molecule has 2 amide bonds. The van der Waals surface area contributed by atoms with Crippen molar-refractivity contribution in [1.29, 1.82) is 0 Å². The van der Waals surface area contributed by atoms with E-state index in [-0.39, 0.29) is 58.4 Å². The summed E-state index contributed by atoms with van der Waals surface area (Å²) in [7, 11) is 3.24. The SMILES string of the molecule is COc1ccc(COC(=O)C2=C(CSc3nc(N)cc(N)[n+]3C)CS[C@@H]3[C@H](NC(=O)/C(=N\O[C@H](C(=O)O)c4ccc(O)c(O)c4)c4csc(N)n4)C(=O)N23)cc1.[Cl-]. The molecule has 0 spiro atoms. The molecule has 6 rings (SSSR count). The molecule has 23 heteroatoms. The summed E-state index contributed by atoms with van der Waals surface area (Å²) < 4.78 is 12.5. The Morgan fingerprint density at radius 3 is 2.49 bits per heavy atom. The fraction of sp³-hybridized carbons (Fsp3) is 0.235. The van der Waals surface area contributed by atoms with Gasteiger partial charge in [-0.15, -0.1) is 23.1 Å². The minimum absolute atomic E-state index is 0. The lowest BCUT2D eigenvalue weighted by Gasteiger charge is -2.49. The lowest BCUT2D eigenvalue weighted by atomic mass is 10.0. The van der Waals surface area contributed by atoms with Crippen LogP contribution in [-0.2, 0) is 42.4 Å². The second kappa shape index (κ2) is 17.9. The summed E-state index contributed by atoms with van der Waals surface area (Å²) in [6, 6.07) is 10.5. The van der Waals surface area contributed by atoms with Crippen molar-refractivity contribution in [2.75, 3.05) is 35.8 Å². The normalized spacial score (nSPS) is 16.8. The van der Waals surface area contributed by atoms with Gasteiger partial charge in [-0.05, 0) is 47.2 Å². The molecule has 57 heavy (non-hydrogen) atoms. The number of rotatable bonds is 14. The number of aliphatic carboxylic acids is 1. The second-order valence-electron chi connectivity index (χ2n) is 12.1. The molecule has 2 aliphatic rings. The number of nitrogens with one attached hydrogen (secondary N) is 1. The fourth-order valence-electron chi connectivity index (χ4n) is 5.45. The Kier molecular flexibility index (Phi) is 13.2. The number of methoxy groups -OCH3 is 1. The summed E-state index contributed by atoms with van der Waals surface area (Å²) in [4.78, 5) is 68.5. The molecule has 10 N–H and O–H groups in total. The van der Waals surface area contributed by atoms with Crippen LogP contribution in [0.3, 0.4) is 0 Å². The van der Waals surface area contributed by atoms with Gasteiger partial charge >= 0.3 is 17.1 Å². The number of hydrogen-bond acceptors (Lipinski definition) is 18. The first-order chi connectivity index (χ1) is 26.7. The van der Waals surface area contributed by atoms with Gasteiger partial charge in [0.15, 0.2) is 22.3 Å². The maximum Gasteiger partial charge on any atom is 0.355 e. The molecule has 1 saturated heterocycles. The first-order valence-electron chi connectivity index (χ1n) is 16.3. The molecular weight excluding hydrogens is 826 g/mol. The van der Waals surface area contributed by atoms with Gasteiger partial charge in [-0.2, -0.15) is 0 Å². The van der Waals surface area contributed by atoms with Crippen LogP contribution >= 0.6 is 34.9 Å². The molecule has 19 nitrogen and oxygen atoms in total. The molecule has 3 atom stereocenters. The number of aromatic nitrogens is 3. The average molecular weight is 860 g/mol. The van der Waals surface area contributed by atoms with Crippen molar-refractivity contribution >= 4 is 81.1 Å². The van der Waals surface area contributed by atoms with Crippen LogP contribution in [0, 0.1) is 0 Å². The first-order valence-corrected chi connectivity index (χ1v) is 19.2. The molecule has 2 aromatic carbocycles. The third-order valence-corrected chi connectivity index (χ3v) is 11.5. The van der Waals surface area contributed by atoms with Gasteiger partial charge in [-0.1, -0.05) is 28.3 Å². The number of amides is 2. The van der Waals surface area contributed by atoms with Crippen molar-refractivity contribution in [2.24, 2.45) is 12.2 Å². The van der Waals surface area contributed by atoms with Gasteiger partial charge in [-0.3, -0.25) is 14.5 Å². The van der Waals surface area contributed by atoms with Crippen molar-refractivity contribution in [3.63, 3.8) is 0 Å². The summed E-state index contributed by atoms with van der Waals surface area (Å²) in [6.07, 6.45) is -1.83. The van der Waals surface area contributed by atoms with Gasteiger partial charge in [0, 0.05) is 22.4 Å². The summed E-state index contributed by atoms with van der Waals surface area (Å²) >= 11 is 3.51. The number of nitrogens with zero attached hydrogens (tertiary/aromatic N) is 5. The van der Waals surface area contributed by atoms with Gasteiger partial charge in [0.05, 0.1) is 20.2 Å². The van der Waals surface area contributed by atoms with Crippen LogP contribution in [0.4, 0.5) is 16.8 Å². The van der Waals surface area contributed by atoms with Crippen LogP contribution in [0.15, 0.2) is 75.5 Å². The zero-order valence-electron chi connectivity index (χ0n) is 29.8. The number of carboxylic acids is 1. The summed E-state index contributed by atoms with van der Waals surface area (Å²) in [6.45, 7) is -0.104. The summed E-state index contributed by atoms with van der Waals surface area (Å²) in [5, 5.41) is 37.0. The van der Waals surface area contributed by atoms with E-state index in [1.165, 1.54) is 53.0 Å². The number of thioether (sulfide) groups is 2. The van der Waals surface area contributed by atoms with E-state index in [4.69, 9.17) is 31.5 Å². The van der Waals surface area contributed by atoms with Gasteiger partial charge < -0.3 is 64.6 Å². The highest BCUT2D eigenvalue weighted by Crippen LogP contribution is 2.42. The smallest absolute Gasteiger partial charge is 0.355 e. The maximum absolute atomic E-state index is 13.9. The highest BCUT2D eigenvalue weighted by molar-refractivity contribution is 8.01. The number of thiazole rings is 1. The number of halogens is 1. The molecule has 0 radical (unpaired) electrons. The molecule has 1 fully saturated rings. The van der Waals surface area contributed by atoms with Crippen molar-refractivity contribution in [3.8, 4) is 17.2 Å². The summed E-state index contributed by atoms with van der Waals surface area (Å²) in [5.74, 6) is -3.33. The molecule has 0 bridgehead atoms. The quantitative estimate of drug-likeness (QED) is 0.0108. The molecule has 0 aliphatic carbocycles. The Balaban J connectivity index is 0.00000620. The lowest BCUT2D eigenvalue weighted by molar-refractivity contribution is -0.698. The number of nitrogens with two attached hydrogens (primary N) is 3. The number of hydrogen-bond donors (Lipinski definition) is 7. The van der Waals surface area contributed by atoms with E-state index in [1.54, 1.807) is 35.9 Å². The van der Waals surface area contributed by atoms with E-state index < -0.39 is 58.5 Å². The number of benzene rings is 2. The Morgan fingerprint density at radius 1 is 1.11 bits per heavy atom. The number of β-lactam (4-membered cyclic amide) rings is 1. The third-order valence-electron chi connectivity index (χ3n) is 8.38. The molecule has 4 heterocycles. The minimum atomic E-state index is -1.83. The number of carbonyl (C=O) groups excluding carboxylic acids is 3. The van der Waals surface area contributed by atoms with Gasteiger partial charge in [-0.25, -0.2) is 19.1 Å². The molecule has 300 valence electrons. The maximum atomic E-state index is 13.9. The molecule has 0 unspecified atom stereocenters. The van der Waals surface area contributed by atoms with Gasteiger partial charge in [0.2, 0.25) is 17.7 Å². The summed E-state index contributed by atoms with van der Waals surface area (Å²) in [5.41, 5.74) is 18.3. The Bertz CT molecular complexity index is 2280. The second-order valence-corrected chi connectivity index (χ2v) is 15.0. The molecule has 2 aliphatic heterocycles. The van der Waals surface area contributed by atoms with E-state index in [0.29, 0.717) is 27.9 Å². The van der Waals surface area contributed by atoms with E-state index in [0.717, 1.165) is 23.5 Å². The number of esters is 1. The predicted molar refractivity (Wildman–Crippen MR) is 204 cm³/mol. The molecular formula is C34H34ClN9O10S3. The number of fused-ring (bicyclic) bond motifs is 1. The van der Waals surface area contributed by atoms with E-state index in [1.807, 2.05) is 0 Å². The first kappa shape index (κ1) is 42.2. The van der Waals surface area contributed by atoms with E-state index >= 15 is 0 Å². The predicted octanol–water partition coefficient (Wildman–Crippen LogP) is -1.73. The molecule has 4 aromatic rings. The van der Waals surface area contributed by atoms with Crippen LogP contribution in [0.2, 0.25) is 0 Å². The van der Waals surface area contributed by atoms with Crippen LogP contribution in [0.25, 0.3) is 0 Å². The Hall–Kier alpha value is -5.97. The number of aromatic hydroxyl groups is 2. The van der Waals surface area contributed by atoms with E-state index in [2.05, 4.69) is 20.4 Å². The number of oxime groups is 1. The van der Waals surface area contributed by atoms with Crippen LogP contribution in [0.1, 0.15) is 22.9 Å². The monoisotopic (exact) mass is 859 g/mol. The van der Waals surface area contributed by atoms with Gasteiger partial charge in [0.1, 0.15) is 35.2 Å². The number of phenolic OH excluding ortho intramolecular Hbond substituents is 2. The average Bonchev–Trinajstić information content (AvgIpc) is 3.61. The van der Waals surface area contributed by atoms with Crippen molar-refractivity contribution < 1.29 is 65.8 Å². The van der Waals surface area contributed by atoms with Gasteiger partial charge in [0.25, 0.3) is 11.8 Å². The number of anilines is 3. The largest absolute Gasteiger partial charge is 1.00 e. The number of ether oxygens (including phenoxy) is 2. The lowest BCUT2D eigenvalue weighted by Crippen LogP contribution is -3.00. The molecule has 0 saturated carbocycles. The standard InChI is InChI=1S/C34H33N9O10S3.ClH/c1-42-23(36)10-22(35)39-34(42)56-13-17-12-54-30-25(29(47)43(30)26(17)32(50)52-11-15-3-6-18(51-2)7-4-15)40-28(46)24(19-14-55-33(37)38-19)41-53-27(31(48)49)16-5-8-20(44)21(45)9-16;/h3-10,14,25,27,30H,11-13H2,1-2H3,(H9,35,36,37,38,40,41,44,45,46,48,49);1H/t25-,27+,30-;/m1./s1. The van der Waals surface area contributed by atoms with Crippen LogP contribution < -0.4 is 44.2 Å². The van der Waals surface area contributed by atoms with Crippen molar-refractivity contribution in [3.05, 3.63) is 82.0 Å². The van der Waals surface area contributed by atoms with Crippen LogP contribution in [0.5, 0.6) is 17.2 Å². The highest BCUT2D eigenvalue weighted by atomic mass is 35.5. The van der Waals surface area contributed by atoms with Crippen LogP contribution in [-0.4, -0.2) is 89.7 Å². The number of carbonyl (C=O) groups is 4. The Morgan fingerprint density at radius 2 is 1.84 bits per heavy atom. The number of phenols is 2. The molecule has 2 aromatic heterocycles. The van der Waals surface area contributed by atoms with Crippen molar-refractivity contribution in [1.82, 2.24) is 20.2 Å². The van der Waals surface area contributed by atoms with Crippen molar-refractivity contribution in [2.45, 2.75) is 29.3 Å². The minimum Gasteiger partial charge on any atom is -1.00 e. The zero-order chi connectivity index (χ0) is 40.3. The highest BCUT2D eigenvalue weighted by Gasteiger charge is 2.55. The third kappa shape index (κ3) is 9.20. The number of nitrogen functional groups attached to an aromatic ring is 3. The van der Waals surface area contributed by atoms with E-state index in [9.17, 15) is 34.5 Å². The zero-order valence-corrected chi connectivity index (χ0v) is 33.0. The topological polar surface area (TPSA) is 292 Å². The Labute approximate surface area is 342 Å². The fourth-order valence-corrected chi connectivity index (χ4v) is 8.48.